The van der Waals surface area contributed by atoms with Crippen molar-refractivity contribution in [1.29, 1.82) is 0 Å². The van der Waals surface area contributed by atoms with E-state index in [4.69, 9.17) is 5.11 Å². The van der Waals surface area contributed by atoms with Crippen LogP contribution in [0.4, 0.5) is 0 Å². The molecule has 1 saturated heterocycles. The first kappa shape index (κ1) is 12.5. The van der Waals surface area contributed by atoms with Crippen molar-refractivity contribution in [3.8, 4) is 0 Å². The van der Waals surface area contributed by atoms with E-state index in [9.17, 15) is 0 Å². The molecule has 0 amide bonds. The standard InChI is InChI=1S/C13H21N3O/c1-10-8-11(2)15-13(14-10)12-4-3-5-16(9-12)6-7-17/h8,12,17H,3-7,9H2,1-2H3/t12-/m1/s1. The maximum absolute atomic E-state index is 8.99. The third-order valence-corrected chi connectivity index (χ3v) is 3.29. The van der Waals surface area contributed by atoms with Crippen molar-refractivity contribution in [3.63, 3.8) is 0 Å². The highest BCUT2D eigenvalue weighted by Crippen LogP contribution is 2.24. The highest BCUT2D eigenvalue weighted by Gasteiger charge is 2.23. The molecule has 1 aromatic rings. The summed E-state index contributed by atoms with van der Waals surface area (Å²) in [5, 5.41) is 8.99. The zero-order chi connectivity index (χ0) is 12.3. The van der Waals surface area contributed by atoms with Crippen molar-refractivity contribution >= 4 is 0 Å². The second kappa shape index (κ2) is 5.56. The van der Waals surface area contributed by atoms with Gasteiger partial charge in [-0.05, 0) is 39.3 Å². The number of aromatic nitrogens is 2. The molecule has 1 fully saturated rings. The van der Waals surface area contributed by atoms with Gasteiger partial charge in [0, 0.05) is 30.4 Å². The average molecular weight is 235 g/mol. The third-order valence-electron chi connectivity index (χ3n) is 3.29. The van der Waals surface area contributed by atoms with Gasteiger partial charge in [0.05, 0.1) is 6.61 Å². The molecule has 0 radical (unpaired) electrons. The maximum atomic E-state index is 8.99. The van der Waals surface area contributed by atoms with Gasteiger partial charge in [0.2, 0.25) is 0 Å². The van der Waals surface area contributed by atoms with Gasteiger partial charge in [0.25, 0.3) is 0 Å². The number of aliphatic hydroxyl groups is 1. The lowest BCUT2D eigenvalue weighted by molar-refractivity contribution is 0.159. The second-order valence-corrected chi connectivity index (χ2v) is 4.87. The van der Waals surface area contributed by atoms with Crippen molar-refractivity contribution in [3.05, 3.63) is 23.3 Å². The fraction of sp³-hybridized carbons (Fsp3) is 0.692. The van der Waals surface area contributed by atoms with Gasteiger partial charge in [-0.1, -0.05) is 0 Å². The normalized spacial score (nSPS) is 21.7. The zero-order valence-corrected chi connectivity index (χ0v) is 10.7. The fourth-order valence-electron chi connectivity index (χ4n) is 2.55. The molecule has 4 heteroatoms. The van der Waals surface area contributed by atoms with E-state index in [1.807, 2.05) is 19.9 Å². The lowest BCUT2D eigenvalue weighted by atomic mass is 9.97. The molecule has 0 saturated carbocycles. The largest absolute Gasteiger partial charge is 0.395 e. The van der Waals surface area contributed by atoms with Crippen LogP contribution in [0.25, 0.3) is 0 Å². The highest BCUT2D eigenvalue weighted by atomic mass is 16.3. The monoisotopic (exact) mass is 235 g/mol. The number of aryl methyl sites for hydroxylation is 2. The minimum Gasteiger partial charge on any atom is -0.395 e. The van der Waals surface area contributed by atoms with Gasteiger partial charge in [-0.2, -0.15) is 0 Å². The van der Waals surface area contributed by atoms with Crippen molar-refractivity contribution in [2.75, 3.05) is 26.2 Å². The Labute approximate surface area is 103 Å². The SMILES string of the molecule is Cc1cc(C)nc([C@@H]2CCCN(CCO)C2)n1. The van der Waals surface area contributed by atoms with Crippen molar-refractivity contribution < 1.29 is 5.11 Å². The summed E-state index contributed by atoms with van der Waals surface area (Å²) in [5.41, 5.74) is 2.10. The minimum atomic E-state index is 0.237. The van der Waals surface area contributed by atoms with Crippen LogP contribution >= 0.6 is 0 Å². The number of nitrogens with zero attached hydrogens (tertiary/aromatic N) is 3. The van der Waals surface area contributed by atoms with Crippen LogP contribution in [-0.2, 0) is 0 Å². The molecular weight excluding hydrogens is 214 g/mol. The van der Waals surface area contributed by atoms with Crippen LogP contribution in [-0.4, -0.2) is 46.2 Å². The van der Waals surface area contributed by atoms with E-state index in [1.165, 1.54) is 6.42 Å². The molecule has 1 aromatic heterocycles. The molecule has 1 N–H and O–H groups in total. The van der Waals surface area contributed by atoms with Gasteiger partial charge >= 0.3 is 0 Å². The van der Waals surface area contributed by atoms with Crippen LogP contribution in [0.5, 0.6) is 0 Å². The van der Waals surface area contributed by atoms with Gasteiger partial charge in [0.15, 0.2) is 0 Å². The van der Waals surface area contributed by atoms with Gasteiger partial charge in [-0.3, -0.25) is 0 Å². The fourth-order valence-corrected chi connectivity index (χ4v) is 2.55. The number of hydrogen-bond donors (Lipinski definition) is 1. The number of likely N-dealkylation sites (tertiary alicyclic amines) is 1. The van der Waals surface area contributed by atoms with Gasteiger partial charge < -0.3 is 10.0 Å². The Morgan fingerprint density at radius 1 is 1.35 bits per heavy atom. The molecule has 94 valence electrons. The second-order valence-electron chi connectivity index (χ2n) is 4.87. The first-order chi connectivity index (χ1) is 8.19. The average Bonchev–Trinajstić information content (AvgIpc) is 2.28. The predicted octanol–water partition coefficient (Wildman–Crippen LogP) is 1.27. The Bertz CT molecular complexity index is 359. The van der Waals surface area contributed by atoms with E-state index in [1.54, 1.807) is 0 Å². The van der Waals surface area contributed by atoms with E-state index in [2.05, 4.69) is 14.9 Å². The summed E-state index contributed by atoms with van der Waals surface area (Å²) in [6.07, 6.45) is 2.33. The van der Waals surface area contributed by atoms with E-state index in [0.717, 1.165) is 43.3 Å². The Balaban J connectivity index is 2.10. The van der Waals surface area contributed by atoms with E-state index in [-0.39, 0.29) is 6.61 Å². The molecule has 17 heavy (non-hydrogen) atoms. The first-order valence-corrected chi connectivity index (χ1v) is 6.34. The molecular formula is C13H21N3O. The Morgan fingerprint density at radius 3 is 2.71 bits per heavy atom. The number of β-amino-alcohol motifs (C(OH)–C–C–N with tert-alkyl or cyclic N) is 1. The highest BCUT2D eigenvalue weighted by molar-refractivity contribution is 5.11. The van der Waals surface area contributed by atoms with E-state index < -0.39 is 0 Å². The zero-order valence-electron chi connectivity index (χ0n) is 10.7. The molecule has 0 aromatic carbocycles. The smallest absolute Gasteiger partial charge is 0.133 e. The van der Waals surface area contributed by atoms with E-state index in [0.29, 0.717) is 5.92 Å². The number of hydrogen-bond acceptors (Lipinski definition) is 4. The topological polar surface area (TPSA) is 49.2 Å². The summed E-state index contributed by atoms with van der Waals surface area (Å²) in [5.74, 6) is 1.40. The molecule has 2 rings (SSSR count). The lowest BCUT2D eigenvalue weighted by Crippen LogP contribution is -2.36. The Hall–Kier alpha value is -1.00. The predicted molar refractivity (Wildman–Crippen MR) is 67.0 cm³/mol. The van der Waals surface area contributed by atoms with E-state index >= 15 is 0 Å². The summed E-state index contributed by atoms with van der Waals surface area (Å²) >= 11 is 0. The van der Waals surface area contributed by atoms with Crippen LogP contribution < -0.4 is 0 Å². The quantitative estimate of drug-likeness (QED) is 0.857. The summed E-state index contributed by atoms with van der Waals surface area (Å²) < 4.78 is 0. The molecule has 2 heterocycles. The summed E-state index contributed by atoms with van der Waals surface area (Å²) in [6.45, 7) is 7.10. The minimum absolute atomic E-state index is 0.237. The van der Waals surface area contributed by atoms with Gasteiger partial charge in [-0.25, -0.2) is 9.97 Å². The van der Waals surface area contributed by atoms with Gasteiger partial charge in [-0.15, -0.1) is 0 Å². The number of aliphatic hydroxyl groups excluding tert-OH is 1. The van der Waals surface area contributed by atoms with Crippen LogP contribution in [0.3, 0.4) is 0 Å². The molecule has 0 aliphatic carbocycles. The molecule has 1 aliphatic rings. The Morgan fingerprint density at radius 2 is 2.06 bits per heavy atom. The first-order valence-electron chi connectivity index (χ1n) is 6.34. The molecule has 0 bridgehead atoms. The lowest BCUT2D eigenvalue weighted by Gasteiger charge is -2.31. The van der Waals surface area contributed by atoms with Crippen LogP contribution in [0.15, 0.2) is 6.07 Å². The third kappa shape index (κ3) is 3.23. The maximum Gasteiger partial charge on any atom is 0.133 e. The molecule has 4 nitrogen and oxygen atoms in total. The molecule has 1 atom stereocenters. The van der Waals surface area contributed by atoms with Crippen LogP contribution in [0.2, 0.25) is 0 Å². The summed E-state index contributed by atoms with van der Waals surface area (Å²) in [6, 6.07) is 2.01. The molecule has 0 unspecified atom stereocenters. The van der Waals surface area contributed by atoms with Crippen molar-refractivity contribution in [2.45, 2.75) is 32.6 Å². The number of piperidine rings is 1. The van der Waals surface area contributed by atoms with Crippen molar-refractivity contribution in [2.24, 2.45) is 0 Å². The van der Waals surface area contributed by atoms with Gasteiger partial charge in [0.1, 0.15) is 5.82 Å². The van der Waals surface area contributed by atoms with Crippen molar-refractivity contribution in [1.82, 2.24) is 14.9 Å². The summed E-state index contributed by atoms with van der Waals surface area (Å²) in [4.78, 5) is 11.4. The Kier molecular flexibility index (Phi) is 4.07. The molecule has 0 spiro atoms. The molecule has 1 aliphatic heterocycles. The van der Waals surface area contributed by atoms with Crippen LogP contribution in [0.1, 0.15) is 36.0 Å². The van der Waals surface area contributed by atoms with Crippen LogP contribution in [0, 0.1) is 13.8 Å². The number of rotatable bonds is 3. The summed E-state index contributed by atoms with van der Waals surface area (Å²) in [7, 11) is 0.